The zero-order valence-corrected chi connectivity index (χ0v) is 20.0. The molecule has 10 nitrogen and oxygen atoms in total. The Labute approximate surface area is 194 Å². The number of amides is 3. The van der Waals surface area contributed by atoms with Crippen LogP contribution in [0.4, 0.5) is 0 Å². The van der Waals surface area contributed by atoms with Gasteiger partial charge in [-0.3, -0.25) is 19.8 Å². The molecule has 0 fully saturated rings. The summed E-state index contributed by atoms with van der Waals surface area (Å²) < 4.78 is 0. The van der Waals surface area contributed by atoms with Crippen molar-refractivity contribution in [3.8, 4) is 0 Å². The molecule has 0 aromatic heterocycles. The van der Waals surface area contributed by atoms with E-state index in [1.54, 1.807) is 19.1 Å². The first-order chi connectivity index (χ1) is 15.5. The number of nitrogens with one attached hydrogen (secondary N) is 3. The fourth-order valence-corrected chi connectivity index (χ4v) is 3.25. The Balaban J connectivity index is 2.71. The van der Waals surface area contributed by atoms with Crippen molar-refractivity contribution < 1.29 is 24.3 Å². The van der Waals surface area contributed by atoms with E-state index in [0.29, 0.717) is 12.4 Å². The van der Waals surface area contributed by atoms with E-state index < -0.39 is 23.8 Å². The lowest BCUT2D eigenvalue weighted by Crippen LogP contribution is -2.49. The number of rotatable bonds is 12. The van der Waals surface area contributed by atoms with Gasteiger partial charge in [-0.25, -0.2) is 4.79 Å². The summed E-state index contributed by atoms with van der Waals surface area (Å²) in [5.41, 5.74) is 0.292. The molecule has 0 bridgehead atoms. The van der Waals surface area contributed by atoms with Gasteiger partial charge in [0, 0.05) is 40.7 Å². The van der Waals surface area contributed by atoms with E-state index in [-0.39, 0.29) is 35.9 Å². The minimum atomic E-state index is -1.24. The Bertz CT molecular complexity index is 873. The average molecular weight is 462 g/mol. The lowest BCUT2D eigenvalue weighted by atomic mass is 10.0. The Hall–Kier alpha value is -3.43. The van der Waals surface area contributed by atoms with Gasteiger partial charge in [0.2, 0.25) is 5.91 Å². The molecule has 0 radical (unpaired) electrons. The van der Waals surface area contributed by atoms with Gasteiger partial charge in [-0.15, -0.1) is 0 Å². The van der Waals surface area contributed by atoms with E-state index in [1.165, 1.54) is 26.2 Å². The number of benzene rings is 1. The summed E-state index contributed by atoms with van der Waals surface area (Å²) in [6.07, 6.45) is 1.76. The second-order valence-corrected chi connectivity index (χ2v) is 8.15. The number of amidine groups is 1. The molecular formula is C23H35N5O5. The summed E-state index contributed by atoms with van der Waals surface area (Å²) in [4.78, 5) is 52.0. The van der Waals surface area contributed by atoms with Crippen molar-refractivity contribution in [3.63, 3.8) is 0 Å². The maximum absolute atomic E-state index is 12.7. The smallest absolute Gasteiger partial charge is 0.328 e. The largest absolute Gasteiger partial charge is 0.480 e. The van der Waals surface area contributed by atoms with E-state index in [1.807, 2.05) is 18.9 Å². The predicted molar refractivity (Wildman–Crippen MR) is 125 cm³/mol. The number of carbonyl (C=O) groups is 4. The fourth-order valence-electron chi connectivity index (χ4n) is 3.25. The van der Waals surface area contributed by atoms with Crippen molar-refractivity contribution in [2.75, 3.05) is 34.2 Å². The number of carbonyl (C=O) groups excluding carboxylic acids is 3. The lowest BCUT2D eigenvalue weighted by molar-refractivity contribution is -0.149. The molecule has 2 atom stereocenters. The maximum atomic E-state index is 12.7. The molecule has 0 saturated heterocycles. The molecular weight excluding hydrogens is 426 g/mol. The van der Waals surface area contributed by atoms with Gasteiger partial charge in [-0.2, -0.15) is 0 Å². The summed E-state index contributed by atoms with van der Waals surface area (Å²) in [5, 5.41) is 22.2. The van der Waals surface area contributed by atoms with E-state index >= 15 is 0 Å². The van der Waals surface area contributed by atoms with E-state index in [2.05, 4.69) is 10.6 Å². The molecule has 4 N–H and O–H groups in total. The van der Waals surface area contributed by atoms with Crippen LogP contribution in [-0.4, -0.2) is 84.7 Å². The number of hydrogen-bond acceptors (Lipinski definition) is 5. The topological polar surface area (TPSA) is 143 Å². The number of likely N-dealkylation sites (N-methyl/N-ethyl adjacent to an activating group) is 1. The first-order valence-electron chi connectivity index (χ1n) is 10.8. The highest BCUT2D eigenvalue weighted by Gasteiger charge is 2.28. The van der Waals surface area contributed by atoms with Gasteiger partial charge in [0.25, 0.3) is 11.8 Å². The minimum absolute atomic E-state index is 0.0443. The quantitative estimate of drug-likeness (QED) is 0.274. The summed E-state index contributed by atoms with van der Waals surface area (Å²) in [6.45, 7) is 4.06. The van der Waals surface area contributed by atoms with Gasteiger partial charge in [-0.05, 0) is 37.8 Å². The molecule has 33 heavy (non-hydrogen) atoms. The Morgan fingerprint density at radius 2 is 1.67 bits per heavy atom. The third kappa shape index (κ3) is 8.55. The zero-order valence-electron chi connectivity index (χ0n) is 20.0. The normalized spacial score (nSPS) is 12.3. The highest BCUT2D eigenvalue weighted by Crippen LogP contribution is 2.14. The van der Waals surface area contributed by atoms with Crippen LogP contribution in [0.1, 0.15) is 53.8 Å². The summed E-state index contributed by atoms with van der Waals surface area (Å²) in [6, 6.07) is 4.96. The molecule has 0 aliphatic heterocycles. The summed E-state index contributed by atoms with van der Waals surface area (Å²) in [7, 11) is 4.70. The van der Waals surface area contributed by atoms with Crippen LogP contribution in [0.5, 0.6) is 0 Å². The van der Waals surface area contributed by atoms with Crippen LogP contribution in [0.3, 0.4) is 0 Å². The first kappa shape index (κ1) is 27.6. The van der Waals surface area contributed by atoms with Crippen molar-refractivity contribution in [3.05, 3.63) is 35.4 Å². The third-order valence-electron chi connectivity index (χ3n) is 5.53. The predicted octanol–water partition coefficient (Wildman–Crippen LogP) is 1.42. The molecule has 10 heteroatoms. The fraction of sp³-hybridized carbons (Fsp3) is 0.522. The second-order valence-electron chi connectivity index (χ2n) is 8.15. The van der Waals surface area contributed by atoms with Gasteiger partial charge in [-0.1, -0.05) is 19.1 Å². The highest BCUT2D eigenvalue weighted by atomic mass is 16.4. The van der Waals surface area contributed by atoms with Crippen LogP contribution in [-0.2, 0) is 9.59 Å². The van der Waals surface area contributed by atoms with Gasteiger partial charge < -0.3 is 25.5 Å². The lowest BCUT2D eigenvalue weighted by Gasteiger charge is -2.26. The maximum Gasteiger partial charge on any atom is 0.328 e. The Kier molecular flexibility index (Phi) is 11.0. The summed E-state index contributed by atoms with van der Waals surface area (Å²) in [5.74, 6) is -2.07. The zero-order chi connectivity index (χ0) is 25.1. The number of carboxylic acid groups (broad SMARTS) is 1. The molecule has 3 amide bonds. The monoisotopic (exact) mass is 461 g/mol. The molecule has 1 unspecified atom stereocenters. The second kappa shape index (κ2) is 13.2. The van der Waals surface area contributed by atoms with Crippen LogP contribution >= 0.6 is 0 Å². The van der Waals surface area contributed by atoms with E-state index in [9.17, 15) is 24.3 Å². The van der Waals surface area contributed by atoms with Gasteiger partial charge in [0.15, 0.2) is 0 Å². The molecule has 1 rings (SSSR count). The SMILES string of the molecule is CNC(=O)c1ccccc1C(=O)NCC(C(=O)O)N(C)C(=O)C[C@H](C)CCCN(C)C(C)=N. The van der Waals surface area contributed by atoms with Crippen LogP contribution in [0, 0.1) is 11.3 Å². The summed E-state index contributed by atoms with van der Waals surface area (Å²) >= 11 is 0. The van der Waals surface area contributed by atoms with Crippen molar-refractivity contribution >= 4 is 29.5 Å². The van der Waals surface area contributed by atoms with E-state index in [0.717, 1.165) is 17.7 Å². The van der Waals surface area contributed by atoms with E-state index in [4.69, 9.17) is 5.41 Å². The molecule has 0 heterocycles. The Morgan fingerprint density at radius 1 is 1.09 bits per heavy atom. The van der Waals surface area contributed by atoms with Crippen molar-refractivity contribution in [2.24, 2.45) is 5.92 Å². The molecule has 0 spiro atoms. The van der Waals surface area contributed by atoms with Crippen LogP contribution in [0.25, 0.3) is 0 Å². The van der Waals surface area contributed by atoms with Crippen molar-refractivity contribution in [1.82, 2.24) is 20.4 Å². The van der Waals surface area contributed by atoms with Crippen molar-refractivity contribution in [2.45, 2.75) is 39.2 Å². The number of aliphatic carboxylic acids is 1. The van der Waals surface area contributed by atoms with Gasteiger partial charge >= 0.3 is 5.97 Å². The van der Waals surface area contributed by atoms with Crippen LogP contribution in [0.15, 0.2) is 24.3 Å². The highest BCUT2D eigenvalue weighted by molar-refractivity contribution is 6.07. The molecule has 1 aromatic carbocycles. The molecule has 1 aromatic rings. The van der Waals surface area contributed by atoms with Crippen LogP contribution < -0.4 is 10.6 Å². The van der Waals surface area contributed by atoms with Gasteiger partial charge in [0.1, 0.15) is 6.04 Å². The molecule has 0 aliphatic carbocycles. The molecule has 0 saturated carbocycles. The van der Waals surface area contributed by atoms with Crippen LogP contribution in [0.2, 0.25) is 0 Å². The van der Waals surface area contributed by atoms with Crippen molar-refractivity contribution in [1.29, 1.82) is 5.41 Å². The molecule has 182 valence electrons. The first-order valence-corrected chi connectivity index (χ1v) is 10.8. The molecule has 0 aliphatic rings. The third-order valence-corrected chi connectivity index (χ3v) is 5.53. The standard InChI is InChI=1S/C23H35N5O5/c1-15(9-8-12-27(4)16(2)24)13-20(29)28(5)19(23(32)33)14-26-22(31)18-11-7-6-10-17(18)21(30)25-3/h6-7,10-11,15,19,24H,8-9,12-14H2,1-5H3,(H,25,30)(H,26,31)(H,32,33)/t15-,19?/m1/s1. The number of hydrogen-bond donors (Lipinski definition) is 4. The minimum Gasteiger partial charge on any atom is -0.480 e. The average Bonchev–Trinajstić information content (AvgIpc) is 2.77. The Morgan fingerprint density at radius 3 is 2.18 bits per heavy atom. The van der Waals surface area contributed by atoms with Gasteiger partial charge in [0.05, 0.1) is 17.0 Å². The number of nitrogens with zero attached hydrogens (tertiary/aromatic N) is 2. The number of carboxylic acids is 1.